The number of fused-ring (bicyclic) bond motifs is 1. The summed E-state index contributed by atoms with van der Waals surface area (Å²) in [4.78, 5) is 37.7. The fourth-order valence-corrected chi connectivity index (χ4v) is 3.56. The lowest BCUT2D eigenvalue weighted by atomic mass is 9.97. The summed E-state index contributed by atoms with van der Waals surface area (Å²) in [7, 11) is 1.53. The van der Waals surface area contributed by atoms with Crippen molar-refractivity contribution in [3.05, 3.63) is 11.3 Å². The average molecular weight is 357 g/mol. The number of methoxy groups -OCH3 is 1. The molecule has 0 aromatic carbocycles. The van der Waals surface area contributed by atoms with Crippen LogP contribution in [0.15, 0.2) is 11.3 Å². The first-order valence-corrected chi connectivity index (χ1v) is 8.76. The number of thioether (sulfide) groups is 1. The summed E-state index contributed by atoms with van der Waals surface area (Å²) in [5.41, 5.74) is 0.225. The molecule has 24 heavy (non-hydrogen) atoms. The van der Waals surface area contributed by atoms with E-state index in [4.69, 9.17) is 14.2 Å². The number of amides is 1. The van der Waals surface area contributed by atoms with E-state index in [-0.39, 0.29) is 23.6 Å². The normalized spacial score (nSPS) is 21.8. The molecule has 0 saturated carbocycles. The van der Waals surface area contributed by atoms with E-state index in [9.17, 15) is 14.4 Å². The molecule has 134 valence electrons. The number of hydrogen-bond donors (Lipinski definition) is 0. The lowest BCUT2D eigenvalue weighted by molar-refractivity contribution is -0.189. The summed E-state index contributed by atoms with van der Waals surface area (Å²) in [6.45, 7) is 6.86. The minimum Gasteiger partial charge on any atom is -0.425 e. The lowest BCUT2D eigenvalue weighted by Gasteiger charge is -2.44. The molecule has 0 spiro atoms. The van der Waals surface area contributed by atoms with E-state index < -0.39 is 23.6 Å². The van der Waals surface area contributed by atoms with Crippen molar-refractivity contribution in [2.45, 2.75) is 45.8 Å². The summed E-state index contributed by atoms with van der Waals surface area (Å²) in [5, 5.41) is -0.0342. The average Bonchev–Trinajstić information content (AvgIpc) is 2.46. The number of β-lactam (4-membered cyclic amide) rings is 1. The van der Waals surface area contributed by atoms with Crippen molar-refractivity contribution < 1.29 is 28.6 Å². The highest BCUT2D eigenvalue weighted by molar-refractivity contribution is 8.00. The number of hydrogen-bond acceptors (Lipinski definition) is 7. The zero-order valence-electron chi connectivity index (χ0n) is 14.6. The van der Waals surface area contributed by atoms with Crippen molar-refractivity contribution in [1.82, 2.24) is 4.90 Å². The number of nitrogens with zero attached hydrogens (tertiary/aromatic N) is 1. The van der Waals surface area contributed by atoms with Crippen LogP contribution in [-0.4, -0.2) is 53.9 Å². The maximum atomic E-state index is 12.5. The molecule has 1 fully saturated rings. The Labute approximate surface area is 145 Å². The maximum Gasteiger partial charge on any atom is 0.358 e. The Morgan fingerprint density at radius 3 is 2.54 bits per heavy atom. The SMILES string of the molecule is COCC1=C(C(=O)OC(C)OC(=O)C(C)(C)C)N2C(=O)CC2SC1. The van der Waals surface area contributed by atoms with Gasteiger partial charge in [-0.05, 0) is 26.3 Å². The highest BCUT2D eigenvalue weighted by Gasteiger charge is 2.46. The number of carbonyl (C=O) groups excluding carboxylic acids is 3. The summed E-state index contributed by atoms with van der Waals surface area (Å²) in [6.07, 6.45) is -0.624. The molecule has 2 atom stereocenters. The molecule has 0 aliphatic carbocycles. The molecule has 2 aliphatic heterocycles. The van der Waals surface area contributed by atoms with E-state index >= 15 is 0 Å². The van der Waals surface area contributed by atoms with Gasteiger partial charge in [0.15, 0.2) is 0 Å². The van der Waals surface area contributed by atoms with Crippen LogP contribution in [0.3, 0.4) is 0 Å². The van der Waals surface area contributed by atoms with Crippen LogP contribution in [0.4, 0.5) is 0 Å². The van der Waals surface area contributed by atoms with E-state index in [0.29, 0.717) is 17.7 Å². The Kier molecular flexibility index (Phi) is 5.59. The number of esters is 2. The Bertz CT molecular complexity index is 580. The second-order valence-electron chi connectivity index (χ2n) is 6.75. The van der Waals surface area contributed by atoms with Crippen LogP contribution in [-0.2, 0) is 28.6 Å². The number of rotatable bonds is 5. The van der Waals surface area contributed by atoms with Gasteiger partial charge in [-0.1, -0.05) is 0 Å². The van der Waals surface area contributed by atoms with Crippen molar-refractivity contribution in [3.63, 3.8) is 0 Å². The van der Waals surface area contributed by atoms with E-state index in [1.807, 2.05) is 0 Å². The second kappa shape index (κ2) is 7.14. The zero-order valence-corrected chi connectivity index (χ0v) is 15.4. The Morgan fingerprint density at radius 2 is 2.00 bits per heavy atom. The van der Waals surface area contributed by atoms with E-state index in [1.165, 1.54) is 18.9 Å². The van der Waals surface area contributed by atoms with Gasteiger partial charge in [-0.15, -0.1) is 11.8 Å². The molecule has 0 N–H and O–H groups in total. The van der Waals surface area contributed by atoms with Crippen LogP contribution in [0.2, 0.25) is 0 Å². The molecule has 0 bridgehead atoms. The molecular formula is C16H23NO6S. The van der Waals surface area contributed by atoms with Crippen LogP contribution in [0, 0.1) is 5.41 Å². The standard InChI is InChI=1S/C16H23NO6S/c1-9(23-15(20)16(2,3)4)22-14(19)13-10(7-21-5)8-24-12-6-11(18)17(12)13/h9,12H,6-8H2,1-5H3. The van der Waals surface area contributed by atoms with Gasteiger partial charge in [-0.3, -0.25) is 14.5 Å². The van der Waals surface area contributed by atoms with Crippen LogP contribution in [0.5, 0.6) is 0 Å². The first-order valence-electron chi connectivity index (χ1n) is 7.71. The van der Waals surface area contributed by atoms with E-state index in [2.05, 4.69) is 0 Å². The molecule has 0 radical (unpaired) electrons. The number of ether oxygens (including phenoxy) is 3. The van der Waals surface area contributed by atoms with Gasteiger partial charge < -0.3 is 14.2 Å². The first-order chi connectivity index (χ1) is 11.1. The van der Waals surface area contributed by atoms with Crippen LogP contribution >= 0.6 is 11.8 Å². The van der Waals surface area contributed by atoms with Gasteiger partial charge in [-0.25, -0.2) is 4.79 Å². The van der Waals surface area contributed by atoms with Gasteiger partial charge in [0.25, 0.3) is 0 Å². The third-order valence-corrected chi connectivity index (χ3v) is 4.88. The van der Waals surface area contributed by atoms with Crippen molar-refractivity contribution in [2.24, 2.45) is 5.41 Å². The molecule has 2 rings (SSSR count). The molecule has 0 aromatic heterocycles. The second-order valence-corrected chi connectivity index (χ2v) is 7.91. The van der Waals surface area contributed by atoms with Gasteiger partial charge in [0.05, 0.1) is 23.8 Å². The molecule has 2 heterocycles. The minimum absolute atomic E-state index is 0.0342. The summed E-state index contributed by atoms with van der Waals surface area (Å²) < 4.78 is 15.5. The lowest BCUT2D eigenvalue weighted by Crippen LogP contribution is -2.54. The largest absolute Gasteiger partial charge is 0.425 e. The van der Waals surface area contributed by atoms with Crippen LogP contribution in [0.25, 0.3) is 0 Å². The minimum atomic E-state index is -1.04. The van der Waals surface area contributed by atoms with Gasteiger partial charge >= 0.3 is 11.9 Å². The predicted molar refractivity (Wildman–Crippen MR) is 87.7 cm³/mol. The maximum absolute atomic E-state index is 12.5. The number of carbonyl (C=O) groups is 3. The quantitative estimate of drug-likeness (QED) is 0.420. The van der Waals surface area contributed by atoms with Gasteiger partial charge in [0.2, 0.25) is 12.2 Å². The molecule has 7 nitrogen and oxygen atoms in total. The molecular weight excluding hydrogens is 334 g/mol. The van der Waals surface area contributed by atoms with Crippen molar-refractivity contribution in [3.8, 4) is 0 Å². The smallest absolute Gasteiger partial charge is 0.358 e. The third-order valence-electron chi connectivity index (χ3n) is 3.60. The van der Waals surface area contributed by atoms with Gasteiger partial charge in [0, 0.05) is 19.8 Å². The fraction of sp³-hybridized carbons (Fsp3) is 0.688. The Morgan fingerprint density at radius 1 is 1.33 bits per heavy atom. The van der Waals surface area contributed by atoms with Gasteiger partial charge in [0.1, 0.15) is 5.70 Å². The van der Waals surface area contributed by atoms with Crippen LogP contribution < -0.4 is 0 Å². The molecule has 0 aromatic rings. The highest BCUT2D eigenvalue weighted by atomic mass is 32.2. The molecule has 1 saturated heterocycles. The van der Waals surface area contributed by atoms with E-state index in [0.717, 1.165) is 0 Å². The topological polar surface area (TPSA) is 82.1 Å². The third kappa shape index (κ3) is 3.92. The Hall–Kier alpha value is -1.54. The summed E-state index contributed by atoms with van der Waals surface area (Å²) >= 11 is 1.59. The predicted octanol–water partition coefficient (Wildman–Crippen LogP) is 1.67. The molecule has 8 heteroatoms. The summed E-state index contributed by atoms with van der Waals surface area (Å²) in [6, 6.07) is 0. The molecule has 2 unspecified atom stereocenters. The fourth-order valence-electron chi connectivity index (χ4n) is 2.31. The Balaban J connectivity index is 2.10. The summed E-state index contributed by atoms with van der Waals surface area (Å²) in [5.74, 6) is -0.657. The molecule has 1 amide bonds. The van der Waals surface area contributed by atoms with Crippen molar-refractivity contribution in [2.75, 3.05) is 19.5 Å². The van der Waals surface area contributed by atoms with Gasteiger partial charge in [-0.2, -0.15) is 0 Å². The van der Waals surface area contributed by atoms with Crippen molar-refractivity contribution in [1.29, 1.82) is 0 Å². The van der Waals surface area contributed by atoms with Crippen molar-refractivity contribution >= 4 is 29.6 Å². The van der Waals surface area contributed by atoms with Crippen LogP contribution in [0.1, 0.15) is 34.1 Å². The molecule has 2 aliphatic rings. The monoisotopic (exact) mass is 357 g/mol. The van der Waals surface area contributed by atoms with E-state index in [1.54, 1.807) is 32.5 Å². The zero-order chi connectivity index (χ0) is 18.1. The first kappa shape index (κ1) is 18.8. The highest BCUT2D eigenvalue weighted by Crippen LogP contribution is 2.40.